The Hall–Kier alpha value is -2.21. The van der Waals surface area contributed by atoms with Crippen LogP contribution in [0.3, 0.4) is 0 Å². The number of aryl methyl sites for hydroxylation is 2. The lowest BCUT2D eigenvalue weighted by Gasteiger charge is -2.02. The summed E-state index contributed by atoms with van der Waals surface area (Å²) in [5.74, 6) is 0. The van der Waals surface area contributed by atoms with E-state index in [-0.39, 0.29) is 0 Å². The van der Waals surface area contributed by atoms with Gasteiger partial charge in [-0.2, -0.15) is 0 Å². The lowest BCUT2D eigenvalue weighted by molar-refractivity contribution is 0.719. The predicted molar refractivity (Wildman–Crippen MR) is 76.6 cm³/mol. The SMILES string of the molecule is Cc1ccc(Nc2nc(-c3cnnn3C)cs2)cc1. The van der Waals surface area contributed by atoms with Crippen molar-refractivity contribution in [1.29, 1.82) is 0 Å². The van der Waals surface area contributed by atoms with Gasteiger partial charge in [-0.05, 0) is 19.1 Å². The van der Waals surface area contributed by atoms with Gasteiger partial charge in [-0.25, -0.2) is 9.67 Å². The molecule has 0 radical (unpaired) electrons. The van der Waals surface area contributed by atoms with E-state index in [1.807, 2.05) is 24.6 Å². The fraction of sp³-hybridized carbons (Fsp3) is 0.154. The first kappa shape index (κ1) is 11.9. The molecule has 0 aliphatic heterocycles. The molecule has 0 aliphatic carbocycles. The first-order valence-electron chi connectivity index (χ1n) is 5.86. The average molecular weight is 271 g/mol. The number of nitrogens with zero attached hydrogens (tertiary/aromatic N) is 4. The molecule has 1 N–H and O–H groups in total. The standard InChI is InChI=1S/C13H13N5S/c1-9-3-5-10(6-4-9)15-13-16-11(8-19-13)12-7-14-17-18(12)2/h3-8H,1-2H3,(H,15,16). The Morgan fingerprint density at radius 1 is 1.21 bits per heavy atom. The van der Waals surface area contributed by atoms with Gasteiger partial charge >= 0.3 is 0 Å². The molecule has 3 rings (SSSR count). The van der Waals surface area contributed by atoms with E-state index in [0.717, 1.165) is 22.2 Å². The second-order valence-corrected chi connectivity index (χ2v) is 5.13. The quantitative estimate of drug-likeness (QED) is 0.795. The van der Waals surface area contributed by atoms with Crippen LogP contribution >= 0.6 is 11.3 Å². The van der Waals surface area contributed by atoms with Gasteiger partial charge < -0.3 is 5.32 Å². The van der Waals surface area contributed by atoms with E-state index in [9.17, 15) is 0 Å². The van der Waals surface area contributed by atoms with Crippen LogP contribution < -0.4 is 5.32 Å². The molecule has 0 spiro atoms. The minimum atomic E-state index is 0.861. The highest BCUT2D eigenvalue weighted by atomic mass is 32.1. The minimum absolute atomic E-state index is 0.861. The first-order chi connectivity index (χ1) is 9.22. The van der Waals surface area contributed by atoms with Crippen molar-refractivity contribution in [2.24, 2.45) is 7.05 Å². The fourth-order valence-corrected chi connectivity index (χ4v) is 2.46. The van der Waals surface area contributed by atoms with Crippen molar-refractivity contribution in [3.8, 4) is 11.4 Å². The van der Waals surface area contributed by atoms with Crippen molar-refractivity contribution in [2.45, 2.75) is 6.92 Å². The van der Waals surface area contributed by atoms with Gasteiger partial charge in [0.05, 0.1) is 6.20 Å². The lowest BCUT2D eigenvalue weighted by Crippen LogP contribution is -1.94. The second kappa shape index (κ2) is 4.81. The van der Waals surface area contributed by atoms with Gasteiger partial charge in [0.15, 0.2) is 5.13 Å². The maximum atomic E-state index is 4.54. The Morgan fingerprint density at radius 2 is 2.00 bits per heavy atom. The molecule has 0 amide bonds. The summed E-state index contributed by atoms with van der Waals surface area (Å²) in [6, 6.07) is 8.23. The van der Waals surface area contributed by atoms with E-state index in [4.69, 9.17) is 0 Å². The highest BCUT2D eigenvalue weighted by Crippen LogP contribution is 2.26. The van der Waals surface area contributed by atoms with Gasteiger partial charge in [-0.3, -0.25) is 0 Å². The summed E-state index contributed by atoms with van der Waals surface area (Å²) < 4.78 is 1.71. The monoisotopic (exact) mass is 271 g/mol. The number of hydrogen-bond acceptors (Lipinski definition) is 5. The maximum Gasteiger partial charge on any atom is 0.187 e. The third-order valence-electron chi connectivity index (χ3n) is 2.78. The van der Waals surface area contributed by atoms with Crippen molar-refractivity contribution >= 4 is 22.2 Å². The van der Waals surface area contributed by atoms with Crippen molar-refractivity contribution in [3.63, 3.8) is 0 Å². The summed E-state index contributed by atoms with van der Waals surface area (Å²) in [5, 5.41) is 13.9. The number of nitrogens with one attached hydrogen (secondary N) is 1. The number of anilines is 2. The summed E-state index contributed by atoms with van der Waals surface area (Å²) in [6.45, 7) is 2.07. The normalized spacial score (nSPS) is 10.6. The molecule has 19 heavy (non-hydrogen) atoms. The van der Waals surface area contributed by atoms with Crippen LogP contribution in [0, 0.1) is 6.92 Å². The van der Waals surface area contributed by atoms with E-state index < -0.39 is 0 Å². The second-order valence-electron chi connectivity index (χ2n) is 4.27. The largest absolute Gasteiger partial charge is 0.332 e. The molecule has 0 fully saturated rings. The maximum absolute atomic E-state index is 4.54. The summed E-state index contributed by atoms with van der Waals surface area (Å²) in [7, 11) is 1.86. The first-order valence-corrected chi connectivity index (χ1v) is 6.74. The van der Waals surface area contributed by atoms with Gasteiger partial charge in [0, 0.05) is 18.1 Å². The molecule has 2 aromatic heterocycles. The molecule has 0 bridgehead atoms. The third-order valence-corrected chi connectivity index (χ3v) is 3.54. The summed E-state index contributed by atoms with van der Waals surface area (Å²) in [6.07, 6.45) is 1.71. The highest BCUT2D eigenvalue weighted by molar-refractivity contribution is 7.14. The number of rotatable bonds is 3. The van der Waals surface area contributed by atoms with E-state index >= 15 is 0 Å². The van der Waals surface area contributed by atoms with Crippen molar-refractivity contribution in [3.05, 3.63) is 41.4 Å². The van der Waals surface area contributed by atoms with Gasteiger partial charge in [0.1, 0.15) is 11.4 Å². The number of hydrogen-bond donors (Lipinski definition) is 1. The Kier molecular flexibility index (Phi) is 3.00. The molecule has 3 aromatic rings. The smallest absolute Gasteiger partial charge is 0.187 e. The van der Waals surface area contributed by atoms with E-state index in [2.05, 4.69) is 39.7 Å². The molecule has 0 aliphatic rings. The van der Waals surface area contributed by atoms with Crippen molar-refractivity contribution in [2.75, 3.05) is 5.32 Å². The number of thiazole rings is 1. The number of benzene rings is 1. The van der Waals surface area contributed by atoms with Crippen LogP contribution in [0.1, 0.15) is 5.56 Å². The predicted octanol–water partition coefficient (Wildman–Crippen LogP) is 2.99. The molecular formula is C13H13N5S. The lowest BCUT2D eigenvalue weighted by atomic mass is 10.2. The van der Waals surface area contributed by atoms with Crippen LogP contribution in [0.2, 0.25) is 0 Å². The summed E-state index contributed by atoms with van der Waals surface area (Å²) >= 11 is 1.56. The molecule has 0 saturated heterocycles. The Morgan fingerprint density at radius 3 is 2.68 bits per heavy atom. The van der Waals surface area contributed by atoms with E-state index in [0.29, 0.717) is 0 Å². The van der Waals surface area contributed by atoms with Crippen LogP contribution in [0.25, 0.3) is 11.4 Å². The van der Waals surface area contributed by atoms with Gasteiger partial charge in [-0.15, -0.1) is 16.4 Å². The van der Waals surface area contributed by atoms with Crippen LogP contribution in [-0.2, 0) is 7.05 Å². The van der Waals surface area contributed by atoms with Gasteiger partial charge in [-0.1, -0.05) is 22.9 Å². The Balaban J connectivity index is 1.82. The highest BCUT2D eigenvalue weighted by Gasteiger charge is 2.08. The summed E-state index contributed by atoms with van der Waals surface area (Å²) in [5.41, 5.74) is 4.07. The number of aromatic nitrogens is 4. The fourth-order valence-electron chi connectivity index (χ4n) is 1.73. The van der Waals surface area contributed by atoms with Gasteiger partial charge in [0.2, 0.25) is 0 Å². The third kappa shape index (κ3) is 2.48. The van der Waals surface area contributed by atoms with Gasteiger partial charge in [0.25, 0.3) is 0 Å². The van der Waals surface area contributed by atoms with Crippen LogP contribution in [0.15, 0.2) is 35.8 Å². The zero-order valence-electron chi connectivity index (χ0n) is 10.7. The topological polar surface area (TPSA) is 55.6 Å². The minimum Gasteiger partial charge on any atom is -0.332 e. The van der Waals surface area contributed by atoms with Crippen LogP contribution in [0.4, 0.5) is 10.8 Å². The zero-order chi connectivity index (χ0) is 13.2. The van der Waals surface area contributed by atoms with E-state index in [1.54, 1.807) is 22.2 Å². The van der Waals surface area contributed by atoms with E-state index in [1.165, 1.54) is 5.56 Å². The molecule has 1 aromatic carbocycles. The molecule has 0 unspecified atom stereocenters. The van der Waals surface area contributed by atoms with Crippen molar-refractivity contribution < 1.29 is 0 Å². The molecule has 0 saturated carbocycles. The Labute approximate surface area is 114 Å². The zero-order valence-corrected chi connectivity index (χ0v) is 11.5. The molecule has 96 valence electrons. The molecule has 6 heteroatoms. The van der Waals surface area contributed by atoms with Crippen LogP contribution in [-0.4, -0.2) is 20.0 Å². The van der Waals surface area contributed by atoms with Crippen LogP contribution in [0.5, 0.6) is 0 Å². The van der Waals surface area contributed by atoms with Crippen molar-refractivity contribution in [1.82, 2.24) is 20.0 Å². The molecule has 2 heterocycles. The average Bonchev–Trinajstić information content (AvgIpc) is 3.01. The summed E-state index contributed by atoms with van der Waals surface area (Å²) in [4.78, 5) is 4.54. The molecular weight excluding hydrogens is 258 g/mol. The molecule has 5 nitrogen and oxygen atoms in total. The Bertz CT molecular complexity index is 683. The molecule has 0 atom stereocenters.